The molecule has 1 atom stereocenters. The highest BCUT2D eigenvalue weighted by molar-refractivity contribution is 7.82. The van der Waals surface area contributed by atoms with Crippen LogP contribution in [0, 0.1) is 0 Å². The number of hydrogen-bond acceptors (Lipinski definition) is 5. The van der Waals surface area contributed by atoms with Crippen LogP contribution in [0.3, 0.4) is 0 Å². The topological polar surface area (TPSA) is 76.2 Å². The molecule has 7 nitrogen and oxygen atoms in total. The number of rotatable bonds is 3. The Morgan fingerprint density at radius 3 is 2.06 bits per heavy atom. The quantitative estimate of drug-likeness (QED) is 0.563. The lowest BCUT2D eigenvalue weighted by Gasteiger charge is -2.42. The number of piperidine rings is 1. The van der Waals surface area contributed by atoms with E-state index in [2.05, 4.69) is 0 Å². The summed E-state index contributed by atoms with van der Waals surface area (Å²) in [6.07, 6.45) is 1.58. The lowest BCUT2D eigenvalue weighted by atomic mass is 10.0. The van der Waals surface area contributed by atoms with Gasteiger partial charge in [0.15, 0.2) is 0 Å². The Kier molecular flexibility index (Phi) is 12.9. The Bertz CT molecular complexity index is 723. The first-order chi connectivity index (χ1) is 14.7. The minimum atomic E-state index is -1.39. The fourth-order valence-corrected chi connectivity index (χ4v) is 4.78. The Balaban J connectivity index is 0.00000182. The van der Waals surface area contributed by atoms with Gasteiger partial charge in [-0.15, -0.1) is 0 Å². The van der Waals surface area contributed by atoms with Crippen molar-refractivity contribution in [2.24, 2.45) is 0 Å². The second-order valence-electron chi connectivity index (χ2n) is 7.80. The smallest absolute Gasteiger partial charge is 0.410 e. The number of benzene rings is 1. The van der Waals surface area contributed by atoms with E-state index in [0.717, 1.165) is 6.29 Å². The monoisotopic (exact) mass is 470 g/mol. The summed E-state index contributed by atoms with van der Waals surface area (Å²) in [5.41, 5.74) is -0.613. The molecule has 2 heterocycles. The van der Waals surface area contributed by atoms with Gasteiger partial charge in [-0.25, -0.2) is 9.00 Å². The number of hydrogen-bond donors (Lipinski definition) is 0. The summed E-state index contributed by atoms with van der Waals surface area (Å²) in [6, 6.07) is 6.74. The predicted molar refractivity (Wildman–Crippen MR) is 130 cm³/mol. The number of nitrogens with zero attached hydrogens (tertiary/aromatic N) is 2. The minimum absolute atomic E-state index is 0. The maximum atomic E-state index is 13.1. The van der Waals surface area contributed by atoms with E-state index >= 15 is 0 Å². The second-order valence-corrected chi connectivity index (χ2v) is 9.21. The van der Waals surface area contributed by atoms with E-state index in [1.807, 2.05) is 52.8 Å². The molecule has 1 amide bonds. The zero-order valence-corrected chi connectivity index (χ0v) is 20.8. The first kappa shape index (κ1) is 30.2. The first-order valence-corrected chi connectivity index (χ1v) is 12.2. The molecular weight excluding hydrogens is 428 g/mol. The predicted octanol–water partition coefficient (Wildman–Crippen LogP) is 5.27. The van der Waals surface area contributed by atoms with Crippen LogP contribution in [-0.2, 0) is 20.5 Å². The van der Waals surface area contributed by atoms with Crippen molar-refractivity contribution < 1.29 is 23.3 Å². The third kappa shape index (κ3) is 7.67. The number of amides is 1. The van der Waals surface area contributed by atoms with Gasteiger partial charge in [0.2, 0.25) is 0 Å². The summed E-state index contributed by atoms with van der Waals surface area (Å²) >= 11 is 0. The molecule has 0 saturated carbocycles. The molecule has 1 aromatic rings. The standard InChI is InChI=1S/C19H26N2O5S.2C2H6.CH4/c1-18(2,3)26-17(23)20-10-8-19(9-11-20)21(12-13-25-19)27(24)16-6-4-15(14-22)5-7-16;2*1-2;/h4-7,14H,8-13H2,1-3H3;2*1-2H3;1H4. The highest BCUT2D eigenvalue weighted by Gasteiger charge is 2.48. The second kappa shape index (κ2) is 13.7. The van der Waals surface area contributed by atoms with Crippen LogP contribution in [0.1, 0.15) is 79.1 Å². The van der Waals surface area contributed by atoms with E-state index in [9.17, 15) is 13.8 Å². The molecule has 1 aromatic carbocycles. The molecule has 0 aromatic heterocycles. The van der Waals surface area contributed by atoms with Crippen molar-refractivity contribution in [1.82, 2.24) is 9.21 Å². The minimum Gasteiger partial charge on any atom is -0.444 e. The van der Waals surface area contributed by atoms with E-state index in [1.54, 1.807) is 29.2 Å². The molecule has 2 aliphatic rings. The normalized spacial score (nSPS) is 18.3. The lowest BCUT2D eigenvalue weighted by Crippen LogP contribution is -2.55. The molecule has 3 rings (SSSR count). The van der Waals surface area contributed by atoms with Crippen LogP contribution in [0.2, 0.25) is 0 Å². The zero-order valence-electron chi connectivity index (χ0n) is 20.0. The average Bonchev–Trinajstić information content (AvgIpc) is 3.18. The molecule has 0 radical (unpaired) electrons. The molecule has 1 spiro atoms. The van der Waals surface area contributed by atoms with Gasteiger partial charge >= 0.3 is 6.09 Å². The molecule has 0 aliphatic carbocycles. The van der Waals surface area contributed by atoms with Gasteiger partial charge in [0, 0.05) is 38.0 Å². The van der Waals surface area contributed by atoms with Crippen molar-refractivity contribution in [3.8, 4) is 0 Å². The third-order valence-electron chi connectivity index (χ3n) is 4.73. The first-order valence-electron chi connectivity index (χ1n) is 11.1. The van der Waals surface area contributed by atoms with Crippen LogP contribution < -0.4 is 0 Å². The van der Waals surface area contributed by atoms with Crippen molar-refractivity contribution in [1.29, 1.82) is 0 Å². The van der Waals surface area contributed by atoms with E-state index in [1.165, 1.54) is 0 Å². The largest absolute Gasteiger partial charge is 0.444 e. The van der Waals surface area contributed by atoms with Crippen LogP contribution >= 0.6 is 0 Å². The van der Waals surface area contributed by atoms with Gasteiger partial charge in [-0.2, -0.15) is 4.31 Å². The number of carbonyl (C=O) groups is 2. The SMILES string of the molecule is C.CC.CC.CC(C)(C)OC(=O)N1CCC2(CC1)OCCN2S(=O)c1ccc(C=O)cc1. The molecule has 0 bridgehead atoms. The third-order valence-corrected chi connectivity index (χ3v) is 6.33. The van der Waals surface area contributed by atoms with Crippen LogP contribution in [0.4, 0.5) is 4.79 Å². The number of likely N-dealkylation sites (tertiary alicyclic amines) is 1. The molecule has 184 valence electrons. The maximum absolute atomic E-state index is 13.1. The fraction of sp³-hybridized carbons (Fsp3) is 0.667. The van der Waals surface area contributed by atoms with E-state index < -0.39 is 22.3 Å². The average molecular weight is 471 g/mol. The number of aldehydes is 1. The van der Waals surface area contributed by atoms with Crippen molar-refractivity contribution in [3.05, 3.63) is 29.8 Å². The summed E-state index contributed by atoms with van der Waals surface area (Å²) in [6.45, 7) is 15.6. The van der Waals surface area contributed by atoms with Gasteiger partial charge in [0.05, 0.1) is 11.5 Å². The van der Waals surface area contributed by atoms with Crippen molar-refractivity contribution in [3.63, 3.8) is 0 Å². The van der Waals surface area contributed by atoms with Crippen LogP contribution in [-0.4, -0.2) is 63.4 Å². The highest BCUT2D eigenvalue weighted by atomic mass is 32.2. The van der Waals surface area contributed by atoms with Gasteiger partial charge in [-0.3, -0.25) is 4.79 Å². The molecule has 32 heavy (non-hydrogen) atoms. The summed E-state index contributed by atoms with van der Waals surface area (Å²) < 4.78 is 26.4. The Labute approximate surface area is 197 Å². The van der Waals surface area contributed by atoms with E-state index in [4.69, 9.17) is 9.47 Å². The van der Waals surface area contributed by atoms with E-state index in [-0.39, 0.29) is 13.5 Å². The Morgan fingerprint density at radius 1 is 1.06 bits per heavy atom. The maximum Gasteiger partial charge on any atom is 0.410 e. The Morgan fingerprint density at radius 2 is 1.59 bits per heavy atom. The van der Waals surface area contributed by atoms with Crippen LogP contribution in [0.25, 0.3) is 0 Å². The van der Waals surface area contributed by atoms with Gasteiger partial charge in [0.1, 0.15) is 28.6 Å². The molecule has 2 saturated heterocycles. The van der Waals surface area contributed by atoms with Gasteiger partial charge < -0.3 is 14.4 Å². The number of carbonyl (C=O) groups excluding carboxylic acids is 2. The summed E-state index contributed by atoms with van der Waals surface area (Å²) in [5.74, 6) is 0. The summed E-state index contributed by atoms with van der Waals surface area (Å²) in [7, 11) is -1.39. The molecule has 8 heteroatoms. The van der Waals surface area contributed by atoms with Crippen molar-refractivity contribution in [2.45, 2.75) is 85.0 Å². The van der Waals surface area contributed by atoms with Gasteiger partial charge in [-0.1, -0.05) is 47.3 Å². The molecular formula is C24H42N2O5S. The summed E-state index contributed by atoms with van der Waals surface area (Å²) in [4.78, 5) is 25.4. The lowest BCUT2D eigenvalue weighted by molar-refractivity contribution is -0.0894. The van der Waals surface area contributed by atoms with Gasteiger partial charge in [-0.05, 0) is 32.9 Å². The molecule has 2 aliphatic heterocycles. The highest BCUT2D eigenvalue weighted by Crippen LogP contribution is 2.37. The Hall–Kier alpha value is -1.77. The van der Waals surface area contributed by atoms with Crippen LogP contribution in [0.5, 0.6) is 0 Å². The number of ether oxygens (including phenoxy) is 2. The fourth-order valence-electron chi connectivity index (χ4n) is 3.38. The molecule has 2 fully saturated rings. The van der Waals surface area contributed by atoms with Crippen LogP contribution in [0.15, 0.2) is 29.2 Å². The van der Waals surface area contributed by atoms with Gasteiger partial charge in [0.25, 0.3) is 0 Å². The molecule has 0 N–H and O–H groups in total. The molecule has 1 unspecified atom stereocenters. The summed E-state index contributed by atoms with van der Waals surface area (Å²) in [5, 5.41) is 0. The zero-order chi connectivity index (χ0) is 23.7. The van der Waals surface area contributed by atoms with Crippen molar-refractivity contribution in [2.75, 3.05) is 26.2 Å². The van der Waals surface area contributed by atoms with E-state index in [0.29, 0.717) is 49.5 Å². The van der Waals surface area contributed by atoms with Crippen molar-refractivity contribution >= 4 is 23.4 Å².